The van der Waals surface area contributed by atoms with Crippen molar-refractivity contribution < 1.29 is 22.1 Å². The predicted molar refractivity (Wildman–Crippen MR) is 113 cm³/mol. The summed E-state index contributed by atoms with van der Waals surface area (Å²) in [4.78, 5) is 4.61. The lowest BCUT2D eigenvalue weighted by molar-refractivity contribution is 0.279. The molecule has 1 unspecified atom stereocenters. The highest BCUT2D eigenvalue weighted by Gasteiger charge is 2.27. The molecule has 1 aliphatic heterocycles. The number of benzene rings is 2. The van der Waals surface area contributed by atoms with Gasteiger partial charge in [-0.1, -0.05) is 24.3 Å². The van der Waals surface area contributed by atoms with Gasteiger partial charge >= 0.3 is 0 Å². The summed E-state index contributed by atoms with van der Waals surface area (Å²) in [6, 6.07) is 15.8. The summed E-state index contributed by atoms with van der Waals surface area (Å²) >= 11 is 0. The van der Waals surface area contributed by atoms with Crippen LogP contribution in [0.1, 0.15) is 42.9 Å². The third-order valence-corrected chi connectivity index (χ3v) is 5.32. The van der Waals surface area contributed by atoms with Gasteiger partial charge in [0.25, 0.3) is 10.1 Å². The minimum absolute atomic E-state index is 0.0382. The second-order valence-electron chi connectivity index (χ2n) is 7.78. The molecule has 6 nitrogen and oxygen atoms in total. The maximum Gasteiger partial charge on any atom is 0.264 e. The largest absolute Gasteiger partial charge is 0.497 e. The number of ether oxygens (including phenoxy) is 2. The molecule has 0 fully saturated rings. The van der Waals surface area contributed by atoms with E-state index < -0.39 is 10.1 Å². The fourth-order valence-electron chi connectivity index (χ4n) is 3.29. The van der Waals surface area contributed by atoms with Crippen LogP contribution in [0.3, 0.4) is 0 Å². The van der Waals surface area contributed by atoms with Crippen LogP contribution in [-0.2, 0) is 19.0 Å². The fraction of sp³-hybridized carbons (Fsp3) is 0.409. The number of aliphatic imine (C=N–C) groups is 1. The Hall–Kier alpha value is -2.38. The van der Waals surface area contributed by atoms with Gasteiger partial charge in [0, 0.05) is 11.5 Å². The zero-order chi connectivity index (χ0) is 21.1. The molecule has 2 aromatic rings. The van der Waals surface area contributed by atoms with Gasteiger partial charge in [0.1, 0.15) is 12.4 Å². The van der Waals surface area contributed by atoms with Gasteiger partial charge in [-0.25, -0.2) is 4.99 Å². The van der Waals surface area contributed by atoms with E-state index in [9.17, 15) is 8.42 Å². The highest BCUT2D eigenvalue weighted by atomic mass is 32.2. The Kier molecular flexibility index (Phi) is 6.29. The van der Waals surface area contributed by atoms with E-state index in [1.165, 1.54) is 0 Å². The van der Waals surface area contributed by atoms with Crippen molar-refractivity contribution in [2.24, 2.45) is 4.99 Å². The molecule has 0 N–H and O–H groups in total. The molecule has 1 heterocycles. The molecule has 0 saturated carbocycles. The van der Waals surface area contributed by atoms with E-state index >= 15 is 0 Å². The Balaban J connectivity index is 1.86. The quantitative estimate of drug-likeness (QED) is 0.612. The van der Waals surface area contributed by atoms with Crippen LogP contribution >= 0.6 is 0 Å². The molecule has 3 rings (SSSR count). The minimum atomic E-state index is -3.48. The lowest BCUT2D eigenvalue weighted by atomic mass is 9.88. The molecule has 0 aromatic heterocycles. The summed E-state index contributed by atoms with van der Waals surface area (Å²) in [7, 11) is -1.86. The van der Waals surface area contributed by atoms with Crippen molar-refractivity contribution in [1.29, 1.82) is 0 Å². The Morgan fingerprint density at radius 2 is 1.86 bits per heavy atom. The SMILES string of the molecule is COc1cccc(C(CCOS(C)(=O)=O)c2ccc(C3=NC(C)(C)CO3)cc2)c1. The van der Waals surface area contributed by atoms with Crippen molar-refractivity contribution in [3.05, 3.63) is 65.2 Å². The number of hydrogen-bond acceptors (Lipinski definition) is 6. The Morgan fingerprint density at radius 1 is 1.14 bits per heavy atom. The number of rotatable bonds is 8. The van der Waals surface area contributed by atoms with Gasteiger partial charge in [0.05, 0.1) is 25.5 Å². The van der Waals surface area contributed by atoms with E-state index in [0.717, 1.165) is 28.7 Å². The maximum absolute atomic E-state index is 11.4. The van der Waals surface area contributed by atoms with Crippen LogP contribution in [0.5, 0.6) is 5.75 Å². The van der Waals surface area contributed by atoms with Crippen molar-refractivity contribution in [3.8, 4) is 5.75 Å². The van der Waals surface area contributed by atoms with Crippen molar-refractivity contribution in [1.82, 2.24) is 0 Å². The van der Waals surface area contributed by atoms with Gasteiger partial charge in [-0.15, -0.1) is 0 Å². The van der Waals surface area contributed by atoms with Crippen molar-refractivity contribution >= 4 is 16.0 Å². The lowest BCUT2D eigenvalue weighted by Gasteiger charge is -2.19. The molecule has 156 valence electrons. The molecule has 2 aromatic carbocycles. The van der Waals surface area contributed by atoms with E-state index in [2.05, 4.69) is 4.99 Å². The zero-order valence-electron chi connectivity index (χ0n) is 17.2. The molecule has 29 heavy (non-hydrogen) atoms. The van der Waals surface area contributed by atoms with Gasteiger partial charge in [0.15, 0.2) is 0 Å². The first kappa shape index (κ1) is 21.3. The molecule has 0 radical (unpaired) electrons. The average Bonchev–Trinajstić information content (AvgIpc) is 3.04. The highest BCUT2D eigenvalue weighted by Crippen LogP contribution is 2.31. The number of methoxy groups -OCH3 is 1. The molecule has 0 aliphatic carbocycles. The fourth-order valence-corrected chi connectivity index (χ4v) is 3.69. The third-order valence-electron chi connectivity index (χ3n) is 4.73. The predicted octanol–water partition coefficient (Wildman–Crippen LogP) is 3.75. The van der Waals surface area contributed by atoms with E-state index in [0.29, 0.717) is 18.9 Å². The maximum atomic E-state index is 11.4. The van der Waals surface area contributed by atoms with Crippen LogP contribution in [0.4, 0.5) is 0 Å². The van der Waals surface area contributed by atoms with Crippen LogP contribution < -0.4 is 4.74 Å². The molecule has 1 aliphatic rings. The molecule has 7 heteroatoms. The standard InChI is InChI=1S/C22H27NO5S/c1-22(2)15-27-21(23-22)17-10-8-16(9-11-17)20(12-13-28-29(4,24)25)18-6-5-7-19(14-18)26-3/h5-11,14,20H,12-13,15H2,1-4H3. The molecule has 0 saturated heterocycles. The molecule has 0 bridgehead atoms. The summed E-state index contributed by atoms with van der Waals surface area (Å²) in [5.74, 6) is 1.37. The van der Waals surface area contributed by atoms with Crippen LogP contribution in [-0.4, -0.2) is 46.4 Å². The molecular formula is C22H27NO5S. The first-order valence-corrected chi connectivity index (χ1v) is 11.3. The van der Waals surface area contributed by atoms with Gasteiger partial charge in [-0.2, -0.15) is 8.42 Å². The Morgan fingerprint density at radius 3 is 2.45 bits per heavy atom. The second-order valence-corrected chi connectivity index (χ2v) is 9.43. The molecule has 0 amide bonds. The third kappa shape index (κ3) is 5.81. The first-order valence-electron chi connectivity index (χ1n) is 9.48. The summed E-state index contributed by atoms with van der Waals surface area (Å²) in [6.45, 7) is 4.75. The van der Waals surface area contributed by atoms with Crippen LogP contribution in [0, 0.1) is 0 Å². The van der Waals surface area contributed by atoms with Crippen LogP contribution in [0.15, 0.2) is 53.5 Å². The topological polar surface area (TPSA) is 74.2 Å². The van der Waals surface area contributed by atoms with E-state index in [4.69, 9.17) is 13.7 Å². The number of nitrogens with zero attached hydrogens (tertiary/aromatic N) is 1. The van der Waals surface area contributed by atoms with Gasteiger partial charge in [-0.05, 0) is 55.7 Å². The number of hydrogen-bond donors (Lipinski definition) is 0. The second kappa shape index (κ2) is 8.55. The van der Waals surface area contributed by atoms with Gasteiger partial charge in [0.2, 0.25) is 5.90 Å². The van der Waals surface area contributed by atoms with E-state index in [1.807, 2.05) is 62.4 Å². The minimum Gasteiger partial charge on any atom is -0.497 e. The molecular weight excluding hydrogens is 390 g/mol. The van der Waals surface area contributed by atoms with E-state index in [1.54, 1.807) is 7.11 Å². The summed E-state index contributed by atoms with van der Waals surface area (Å²) in [5.41, 5.74) is 2.80. The average molecular weight is 418 g/mol. The molecule has 1 atom stereocenters. The van der Waals surface area contributed by atoms with Crippen molar-refractivity contribution in [2.75, 3.05) is 26.6 Å². The molecule has 0 spiro atoms. The van der Waals surface area contributed by atoms with Gasteiger partial charge < -0.3 is 9.47 Å². The normalized spacial score (nSPS) is 16.8. The van der Waals surface area contributed by atoms with Crippen molar-refractivity contribution in [3.63, 3.8) is 0 Å². The Labute approximate surface area is 172 Å². The first-order chi connectivity index (χ1) is 13.7. The summed E-state index contributed by atoms with van der Waals surface area (Å²) in [5, 5.41) is 0. The highest BCUT2D eigenvalue weighted by molar-refractivity contribution is 7.85. The van der Waals surface area contributed by atoms with Crippen LogP contribution in [0.2, 0.25) is 0 Å². The van der Waals surface area contributed by atoms with E-state index in [-0.39, 0.29) is 18.1 Å². The summed E-state index contributed by atoms with van der Waals surface area (Å²) in [6.07, 6.45) is 1.58. The zero-order valence-corrected chi connectivity index (χ0v) is 18.0. The van der Waals surface area contributed by atoms with Gasteiger partial charge in [-0.3, -0.25) is 4.18 Å². The lowest BCUT2D eigenvalue weighted by Crippen LogP contribution is -2.17. The summed E-state index contributed by atoms with van der Waals surface area (Å²) < 4.78 is 38.8. The Bertz CT molecular complexity index is 981. The van der Waals surface area contributed by atoms with Crippen molar-refractivity contribution in [2.45, 2.75) is 31.7 Å². The van der Waals surface area contributed by atoms with Crippen LogP contribution in [0.25, 0.3) is 0 Å². The monoisotopic (exact) mass is 417 g/mol. The smallest absolute Gasteiger partial charge is 0.264 e.